The number of ether oxygens (including phenoxy) is 2. The minimum absolute atomic E-state index is 0.0276. The molecule has 88 valence electrons. The number of nitrogens with two attached hydrogens (primary N) is 1. The quantitative estimate of drug-likeness (QED) is 0.734. The lowest BCUT2D eigenvalue weighted by molar-refractivity contribution is -0.142. The van der Waals surface area contributed by atoms with Crippen molar-refractivity contribution in [1.82, 2.24) is 0 Å². The van der Waals surface area contributed by atoms with Crippen molar-refractivity contribution in [3.63, 3.8) is 0 Å². The minimum atomic E-state index is -0.657. The van der Waals surface area contributed by atoms with Crippen LogP contribution in [-0.4, -0.2) is 31.8 Å². The molecular weight excluding hydrogens is 210 g/mol. The summed E-state index contributed by atoms with van der Waals surface area (Å²) in [6.45, 7) is 0.0760. The van der Waals surface area contributed by atoms with Gasteiger partial charge < -0.3 is 20.3 Å². The summed E-state index contributed by atoms with van der Waals surface area (Å²) in [5.74, 6) is -0.638. The van der Waals surface area contributed by atoms with E-state index in [1.807, 2.05) is 0 Å². The molecular formula is C11H15NO4. The lowest BCUT2D eigenvalue weighted by Crippen LogP contribution is -2.22. The van der Waals surface area contributed by atoms with Gasteiger partial charge in [0.15, 0.2) is 0 Å². The maximum Gasteiger partial charge on any atom is 0.314 e. The van der Waals surface area contributed by atoms with Gasteiger partial charge in [-0.3, -0.25) is 4.79 Å². The van der Waals surface area contributed by atoms with Gasteiger partial charge in [0.2, 0.25) is 0 Å². The molecule has 0 spiro atoms. The zero-order valence-electron chi connectivity index (χ0n) is 9.27. The summed E-state index contributed by atoms with van der Waals surface area (Å²) in [5.41, 5.74) is 5.92. The molecule has 16 heavy (non-hydrogen) atoms. The molecule has 0 amide bonds. The van der Waals surface area contributed by atoms with Gasteiger partial charge in [0.25, 0.3) is 0 Å². The zero-order valence-corrected chi connectivity index (χ0v) is 9.27. The van der Waals surface area contributed by atoms with Gasteiger partial charge in [-0.2, -0.15) is 0 Å². The number of rotatable bonds is 4. The molecule has 0 aliphatic carbocycles. The molecule has 1 aromatic carbocycles. The van der Waals surface area contributed by atoms with E-state index in [-0.39, 0.29) is 12.3 Å². The molecule has 0 aliphatic heterocycles. The number of esters is 1. The fraction of sp³-hybridized carbons (Fsp3) is 0.364. The third kappa shape index (κ3) is 2.43. The van der Waals surface area contributed by atoms with Crippen LogP contribution in [0.25, 0.3) is 0 Å². The van der Waals surface area contributed by atoms with Crippen LogP contribution in [0.3, 0.4) is 0 Å². The van der Waals surface area contributed by atoms with Crippen LogP contribution < -0.4 is 10.5 Å². The largest absolute Gasteiger partial charge is 0.508 e. The van der Waals surface area contributed by atoms with E-state index in [0.29, 0.717) is 11.3 Å². The second-order valence-corrected chi connectivity index (χ2v) is 3.24. The first-order chi connectivity index (χ1) is 7.63. The molecule has 0 saturated carbocycles. The maximum absolute atomic E-state index is 11.4. The Balaban J connectivity index is 3.06. The third-order valence-corrected chi connectivity index (χ3v) is 2.33. The first kappa shape index (κ1) is 12.3. The highest BCUT2D eigenvalue weighted by molar-refractivity contribution is 5.79. The summed E-state index contributed by atoms with van der Waals surface area (Å²) >= 11 is 0. The number of hydrogen-bond donors (Lipinski definition) is 2. The Kier molecular flexibility index (Phi) is 4.13. The second-order valence-electron chi connectivity index (χ2n) is 3.24. The van der Waals surface area contributed by atoms with Crippen LogP contribution in [0.15, 0.2) is 18.2 Å². The first-order valence-electron chi connectivity index (χ1n) is 4.78. The first-order valence-corrected chi connectivity index (χ1v) is 4.78. The standard InChI is InChI=1S/C11H15NO4/c1-15-7-3-4-8(10(13)5-7)9(6-12)11(14)16-2/h3-5,9,13H,6,12H2,1-2H3. The number of phenols is 1. The molecule has 0 bridgehead atoms. The topological polar surface area (TPSA) is 81.8 Å². The van der Waals surface area contributed by atoms with E-state index in [0.717, 1.165) is 0 Å². The Labute approximate surface area is 93.8 Å². The monoisotopic (exact) mass is 225 g/mol. The van der Waals surface area contributed by atoms with Crippen LogP contribution in [0.5, 0.6) is 11.5 Å². The van der Waals surface area contributed by atoms with E-state index in [2.05, 4.69) is 4.74 Å². The van der Waals surface area contributed by atoms with Crippen LogP contribution in [0.4, 0.5) is 0 Å². The Morgan fingerprint density at radius 1 is 1.50 bits per heavy atom. The second kappa shape index (κ2) is 5.37. The molecule has 0 saturated heterocycles. The fourth-order valence-corrected chi connectivity index (χ4v) is 1.44. The molecule has 0 radical (unpaired) electrons. The van der Waals surface area contributed by atoms with Gasteiger partial charge in [0.05, 0.1) is 20.1 Å². The molecule has 0 aliphatic rings. The normalized spacial score (nSPS) is 11.9. The van der Waals surface area contributed by atoms with Crippen molar-refractivity contribution in [2.75, 3.05) is 20.8 Å². The van der Waals surface area contributed by atoms with Gasteiger partial charge in [-0.25, -0.2) is 0 Å². The molecule has 1 aromatic rings. The highest BCUT2D eigenvalue weighted by Crippen LogP contribution is 2.29. The number of phenolic OH excluding ortho intramolecular Hbond substituents is 1. The van der Waals surface area contributed by atoms with E-state index in [1.165, 1.54) is 20.3 Å². The highest BCUT2D eigenvalue weighted by atomic mass is 16.5. The molecule has 3 N–H and O–H groups in total. The summed E-state index contributed by atoms with van der Waals surface area (Å²) in [6, 6.07) is 4.68. The predicted molar refractivity (Wildman–Crippen MR) is 58.5 cm³/mol. The molecule has 5 heteroatoms. The summed E-state index contributed by atoms with van der Waals surface area (Å²) in [5, 5.41) is 9.73. The molecule has 1 rings (SSSR count). The van der Waals surface area contributed by atoms with Crippen molar-refractivity contribution in [2.24, 2.45) is 5.73 Å². The van der Waals surface area contributed by atoms with E-state index < -0.39 is 11.9 Å². The predicted octanol–water partition coefficient (Wildman–Crippen LogP) is 0.616. The molecule has 0 heterocycles. The Morgan fingerprint density at radius 3 is 2.62 bits per heavy atom. The van der Waals surface area contributed by atoms with Crippen molar-refractivity contribution in [1.29, 1.82) is 0 Å². The zero-order chi connectivity index (χ0) is 12.1. The smallest absolute Gasteiger partial charge is 0.314 e. The van der Waals surface area contributed by atoms with E-state index in [1.54, 1.807) is 12.1 Å². The highest BCUT2D eigenvalue weighted by Gasteiger charge is 2.22. The molecule has 0 aromatic heterocycles. The van der Waals surface area contributed by atoms with Crippen LogP contribution in [0.2, 0.25) is 0 Å². The average molecular weight is 225 g/mol. The van der Waals surface area contributed by atoms with Gasteiger partial charge in [-0.05, 0) is 6.07 Å². The van der Waals surface area contributed by atoms with Crippen molar-refractivity contribution in [3.05, 3.63) is 23.8 Å². The van der Waals surface area contributed by atoms with Gasteiger partial charge in [0, 0.05) is 18.2 Å². The average Bonchev–Trinajstić information content (AvgIpc) is 2.31. The van der Waals surface area contributed by atoms with Crippen LogP contribution in [0.1, 0.15) is 11.5 Å². The molecule has 1 unspecified atom stereocenters. The van der Waals surface area contributed by atoms with Crippen LogP contribution in [-0.2, 0) is 9.53 Å². The molecule has 5 nitrogen and oxygen atoms in total. The minimum Gasteiger partial charge on any atom is -0.508 e. The Bertz CT molecular complexity index is 378. The lowest BCUT2D eigenvalue weighted by Gasteiger charge is -2.14. The van der Waals surface area contributed by atoms with Gasteiger partial charge in [-0.1, -0.05) is 6.07 Å². The van der Waals surface area contributed by atoms with Crippen molar-refractivity contribution >= 4 is 5.97 Å². The van der Waals surface area contributed by atoms with E-state index in [9.17, 15) is 9.90 Å². The maximum atomic E-state index is 11.4. The third-order valence-electron chi connectivity index (χ3n) is 2.33. The van der Waals surface area contributed by atoms with Gasteiger partial charge in [0.1, 0.15) is 11.5 Å². The SMILES string of the molecule is COC(=O)C(CN)c1ccc(OC)cc1O. The number of carbonyl (C=O) groups excluding carboxylic acids is 1. The number of benzene rings is 1. The van der Waals surface area contributed by atoms with Crippen molar-refractivity contribution in [2.45, 2.75) is 5.92 Å². The fourth-order valence-electron chi connectivity index (χ4n) is 1.44. The number of methoxy groups -OCH3 is 2. The number of aromatic hydroxyl groups is 1. The van der Waals surface area contributed by atoms with Crippen molar-refractivity contribution in [3.8, 4) is 11.5 Å². The summed E-state index contributed by atoms with van der Waals surface area (Å²) < 4.78 is 9.55. The molecule has 1 atom stereocenters. The number of carbonyl (C=O) groups is 1. The Hall–Kier alpha value is -1.75. The number of hydrogen-bond acceptors (Lipinski definition) is 5. The van der Waals surface area contributed by atoms with Gasteiger partial charge in [-0.15, -0.1) is 0 Å². The van der Waals surface area contributed by atoms with Gasteiger partial charge >= 0.3 is 5.97 Å². The summed E-state index contributed by atoms with van der Waals surface area (Å²) in [6.07, 6.45) is 0. The lowest BCUT2D eigenvalue weighted by atomic mass is 9.98. The Morgan fingerprint density at radius 2 is 2.19 bits per heavy atom. The van der Waals surface area contributed by atoms with E-state index >= 15 is 0 Å². The van der Waals surface area contributed by atoms with Crippen molar-refractivity contribution < 1.29 is 19.4 Å². The molecule has 0 fully saturated rings. The summed E-state index contributed by atoms with van der Waals surface area (Å²) in [4.78, 5) is 11.4. The van der Waals surface area contributed by atoms with Crippen LogP contribution >= 0.6 is 0 Å². The van der Waals surface area contributed by atoms with Crippen LogP contribution in [0, 0.1) is 0 Å². The van der Waals surface area contributed by atoms with E-state index in [4.69, 9.17) is 10.5 Å². The summed E-state index contributed by atoms with van der Waals surface area (Å²) in [7, 11) is 2.78.